The van der Waals surface area contributed by atoms with Crippen molar-refractivity contribution in [2.24, 2.45) is 11.8 Å². The first kappa shape index (κ1) is 15.1. The summed E-state index contributed by atoms with van der Waals surface area (Å²) in [5, 5.41) is 0. The van der Waals surface area contributed by atoms with Crippen LogP contribution in [0.3, 0.4) is 0 Å². The lowest BCUT2D eigenvalue weighted by Gasteiger charge is -2.23. The van der Waals surface area contributed by atoms with E-state index in [0.29, 0.717) is 12.5 Å². The molecule has 0 bridgehead atoms. The van der Waals surface area contributed by atoms with E-state index in [1.54, 1.807) is 12.3 Å². The second-order valence-corrected chi connectivity index (χ2v) is 6.76. The van der Waals surface area contributed by atoms with E-state index < -0.39 is 0 Å². The Kier molecular flexibility index (Phi) is 3.71. The van der Waals surface area contributed by atoms with Crippen LogP contribution in [0.1, 0.15) is 11.1 Å². The maximum atomic E-state index is 13.3. The predicted octanol–water partition coefficient (Wildman–Crippen LogP) is 2.62. The molecule has 2 aromatic rings. The molecule has 0 radical (unpaired) electrons. The number of amides is 1. The van der Waals surface area contributed by atoms with Crippen molar-refractivity contribution in [3.05, 3.63) is 59.5 Å². The van der Waals surface area contributed by atoms with Crippen LogP contribution in [0.2, 0.25) is 0 Å². The van der Waals surface area contributed by atoms with Gasteiger partial charge in [-0.15, -0.1) is 0 Å². The van der Waals surface area contributed by atoms with Gasteiger partial charge in [0, 0.05) is 38.3 Å². The summed E-state index contributed by atoms with van der Waals surface area (Å²) in [6.45, 7) is 4.86. The molecular formula is C19H20FN3O. The standard InChI is InChI=1S/C19H20FN3O/c1-13-4-3-7-21-18(13)22-10-15-11-23(19(24)17(15)12-22)9-14-5-2-6-16(20)8-14/h2-8,15,17H,9-12H2,1H3/t15-,17-/m1/s1. The van der Waals surface area contributed by atoms with Gasteiger partial charge in [0.15, 0.2) is 0 Å². The molecule has 24 heavy (non-hydrogen) atoms. The zero-order chi connectivity index (χ0) is 16.7. The zero-order valence-electron chi connectivity index (χ0n) is 13.7. The summed E-state index contributed by atoms with van der Waals surface area (Å²) >= 11 is 0. The molecule has 2 aliphatic rings. The van der Waals surface area contributed by atoms with Crippen molar-refractivity contribution in [3.8, 4) is 0 Å². The molecule has 2 fully saturated rings. The van der Waals surface area contributed by atoms with Gasteiger partial charge in [0.25, 0.3) is 0 Å². The lowest BCUT2D eigenvalue weighted by Crippen LogP contribution is -2.33. The third-order valence-electron chi connectivity index (χ3n) is 5.07. The Labute approximate surface area is 140 Å². The molecule has 3 heterocycles. The normalized spacial score (nSPS) is 23.0. The molecule has 4 rings (SSSR count). The number of nitrogens with zero attached hydrogens (tertiary/aromatic N) is 3. The third-order valence-corrected chi connectivity index (χ3v) is 5.07. The van der Waals surface area contributed by atoms with Gasteiger partial charge in [-0.05, 0) is 36.2 Å². The van der Waals surface area contributed by atoms with Crippen LogP contribution in [0.25, 0.3) is 0 Å². The highest BCUT2D eigenvalue weighted by molar-refractivity contribution is 5.83. The van der Waals surface area contributed by atoms with Gasteiger partial charge in [-0.2, -0.15) is 0 Å². The predicted molar refractivity (Wildman–Crippen MR) is 90.0 cm³/mol. The monoisotopic (exact) mass is 325 g/mol. The maximum absolute atomic E-state index is 13.3. The minimum absolute atomic E-state index is 0.0277. The molecule has 4 nitrogen and oxygen atoms in total. The smallest absolute Gasteiger partial charge is 0.228 e. The molecular weight excluding hydrogens is 305 g/mol. The van der Waals surface area contributed by atoms with Crippen LogP contribution in [0.5, 0.6) is 0 Å². The molecule has 1 amide bonds. The topological polar surface area (TPSA) is 36.4 Å². The molecule has 0 aliphatic carbocycles. The van der Waals surface area contributed by atoms with Gasteiger partial charge in [0.2, 0.25) is 5.91 Å². The van der Waals surface area contributed by atoms with Crippen LogP contribution in [0.4, 0.5) is 10.2 Å². The molecule has 0 spiro atoms. The lowest BCUT2D eigenvalue weighted by atomic mass is 10.0. The summed E-state index contributed by atoms with van der Waals surface area (Å²) in [5.41, 5.74) is 1.99. The number of benzene rings is 1. The Morgan fingerprint density at radius 3 is 2.83 bits per heavy atom. The molecule has 2 aliphatic heterocycles. The quantitative estimate of drug-likeness (QED) is 0.870. The number of aromatic nitrogens is 1. The number of carbonyl (C=O) groups excluding carboxylic acids is 1. The van der Waals surface area contributed by atoms with Crippen molar-refractivity contribution in [3.63, 3.8) is 0 Å². The minimum Gasteiger partial charge on any atom is -0.355 e. The highest BCUT2D eigenvalue weighted by Crippen LogP contribution is 2.35. The number of hydrogen-bond donors (Lipinski definition) is 0. The van der Waals surface area contributed by atoms with Crippen LogP contribution in [0, 0.1) is 24.6 Å². The Hall–Kier alpha value is -2.43. The van der Waals surface area contributed by atoms with Gasteiger partial charge in [-0.3, -0.25) is 4.79 Å². The summed E-state index contributed by atoms with van der Waals surface area (Å²) in [6, 6.07) is 10.5. The number of aryl methyl sites for hydroxylation is 1. The van der Waals surface area contributed by atoms with Crippen LogP contribution >= 0.6 is 0 Å². The van der Waals surface area contributed by atoms with Crippen molar-refractivity contribution in [1.82, 2.24) is 9.88 Å². The van der Waals surface area contributed by atoms with Crippen molar-refractivity contribution in [2.75, 3.05) is 24.5 Å². The molecule has 1 aromatic heterocycles. The molecule has 0 N–H and O–H groups in total. The van der Waals surface area contributed by atoms with E-state index >= 15 is 0 Å². The van der Waals surface area contributed by atoms with Crippen molar-refractivity contribution < 1.29 is 9.18 Å². The van der Waals surface area contributed by atoms with Gasteiger partial charge < -0.3 is 9.80 Å². The number of carbonyl (C=O) groups is 1. The summed E-state index contributed by atoms with van der Waals surface area (Å²) < 4.78 is 13.3. The zero-order valence-corrected chi connectivity index (χ0v) is 13.7. The fraction of sp³-hybridized carbons (Fsp3) is 0.368. The number of hydrogen-bond acceptors (Lipinski definition) is 3. The van der Waals surface area contributed by atoms with Crippen LogP contribution < -0.4 is 4.90 Å². The fourth-order valence-corrected chi connectivity index (χ4v) is 3.92. The molecule has 124 valence electrons. The number of likely N-dealkylation sites (tertiary alicyclic amines) is 1. The SMILES string of the molecule is Cc1cccnc1N1C[C@@H]2CN(Cc3cccc(F)c3)C(=O)[C@@H]2C1. The van der Waals surface area contributed by atoms with Gasteiger partial charge >= 0.3 is 0 Å². The first-order valence-corrected chi connectivity index (χ1v) is 8.31. The Morgan fingerprint density at radius 2 is 2.08 bits per heavy atom. The van der Waals surface area contributed by atoms with E-state index in [0.717, 1.165) is 36.6 Å². The first-order chi connectivity index (χ1) is 11.6. The molecule has 2 atom stereocenters. The van der Waals surface area contributed by atoms with E-state index in [2.05, 4.69) is 22.9 Å². The van der Waals surface area contributed by atoms with Gasteiger partial charge in [0.05, 0.1) is 5.92 Å². The summed E-state index contributed by atoms with van der Waals surface area (Å²) in [7, 11) is 0. The van der Waals surface area contributed by atoms with Crippen LogP contribution in [-0.4, -0.2) is 35.4 Å². The number of pyridine rings is 1. The minimum atomic E-state index is -0.254. The highest BCUT2D eigenvalue weighted by Gasteiger charge is 2.46. The van der Waals surface area contributed by atoms with Crippen molar-refractivity contribution in [2.45, 2.75) is 13.5 Å². The largest absolute Gasteiger partial charge is 0.355 e. The highest BCUT2D eigenvalue weighted by atomic mass is 19.1. The fourth-order valence-electron chi connectivity index (χ4n) is 3.92. The Morgan fingerprint density at radius 1 is 1.21 bits per heavy atom. The van der Waals surface area contributed by atoms with E-state index in [1.807, 2.05) is 17.0 Å². The number of fused-ring (bicyclic) bond motifs is 1. The lowest BCUT2D eigenvalue weighted by molar-refractivity contribution is -0.131. The number of rotatable bonds is 3. The van der Waals surface area contributed by atoms with E-state index in [4.69, 9.17) is 0 Å². The second-order valence-electron chi connectivity index (χ2n) is 6.76. The van der Waals surface area contributed by atoms with Crippen LogP contribution in [-0.2, 0) is 11.3 Å². The number of halogens is 1. The van der Waals surface area contributed by atoms with E-state index in [1.165, 1.54) is 12.1 Å². The number of anilines is 1. The Balaban J connectivity index is 1.46. The molecule has 0 saturated carbocycles. The summed E-state index contributed by atoms with van der Waals surface area (Å²) in [6.07, 6.45) is 1.80. The Bertz CT molecular complexity index is 779. The molecule has 5 heteroatoms. The molecule has 1 aromatic carbocycles. The summed E-state index contributed by atoms with van der Waals surface area (Å²) in [5.74, 6) is 1.26. The van der Waals surface area contributed by atoms with Crippen molar-refractivity contribution >= 4 is 11.7 Å². The van der Waals surface area contributed by atoms with Gasteiger partial charge in [0.1, 0.15) is 11.6 Å². The van der Waals surface area contributed by atoms with Crippen LogP contribution in [0.15, 0.2) is 42.6 Å². The van der Waals surface area contributed by atoms with Crippen molar-refractivity contribution in [1.29, 1.82) is 0 Å². The van der Waals surface area contributed by atoms with E-state index in [-0.39, 0.29) is 17.6 Å². The first-order valence-electron chi connectivity index (χ1n) is 8.31. The van der Waals surface area contributed by atoms with E-state index in [9.17, 15) is 9.18 Å². The average Bonchev–Trinajstić information content (AvgIpc) is 3.08. The third kappa shape index (κ3) is 2.64. The molecule has 2 saturated heterocycles. The average molecular weight is 325 g/mol. The van der Waals surface area contributed by atoms with Gasteiger partial charge in [-0.1, -0.05) is 18.2 Å². The second kappa shape index (κ2) is 5.89. The van der Waals surface area contributed by atoms with Gasteiger partial charge in [-0.25, -0.2) is 9.37 Å². The molecule has 0 unspecified atom stereocenters. The maximum Gasteiger partial charge on any atom is 0.228 e. The summed E-state index contributed by atoms with van der Waals surface area (Å²) in [4.78, 5) is 21.3.